The summed E-state index contributed by atoms with van der Waals surface area (Å²) in [4.78, 5) is 10.5. The van der Waals surface area contributed by atoms with Gasteiger partial charge in [0.25, 0.3) is 5.69 Å². The molecule has 1 aromatic rings. The average molecular weight is 313 g/mol. The van der Waals surface area contributed by atoms with E-state index in [9.17, 15) is 18.5 Å². The fraction of sp³-hybridized carbons (Fsp3) is 0.538. The lowest BCUT2D eigenvalue weighted by Crippen LogP contribution is -2.33. The number of nitrogens with one attached hydrogen (secondary N) is 2. The first-order valence-corrected chi connectivity index (χ1v) is 8.70. The molecule has 2 N–H and O–H groups in total. The fourth-order valence-electron chi connectivity index (χ4n) is 2.40. The molecule has 0 aromatic heterocycles. The van der Waals surface area contributed by atoms with E-state index in [1.54, 1.807) is 0 Å². The minimum absolute atomic E-state index is 0.0425. The second-order valence-electron chi connectivity index (χ2n) is 5.30. The van der Waals surface area contributed by atoms with E-state index < -0.39 is 14.8 Å². The van der Waals surface area contributed by atoms with E-state index >= 15 is 0 Å². The van der Waals surface area contributed by atoms with Crippen molar-refractivity contribution in [2.75, 3.05) is 31.2 Å². The second-order valence-corrected chi connectivity index (χ2v) is 7.32. The van der Waals surface area contributed by atoms with E-state index in [1.165, 1.54) is 12.1 Å². The summed E-state index contributed by atoms with van der Waals surface area (Å²) in [6.07, 6.45) is 3.21. The number of piperidine rings is 1. The van der Waals surface area contributed by atoms with Crippen molar-refractivity contribution < 1.29 is 13.3 Å². The predicted octanol–water partition coefficient (Wildman–Crippen LogP) is 1.41. The molecule has 0 aliphatic carbocycles. The van der Waals surface area contributed by atoms with Crippen molar-refractivity contribution in [2.24, 2.45) is 5.92 Å². The van der Waals surface area contributed by atoms with Crippen LogP contribution in [0.3, 0.4) is 0 Å². The molecule has 1 fully saturated rings. The van der Waals surface area contributed by atoms with Gasteiger partial charge in [0.15, 0.2) is 9.84 Å². The van der Waals surface area contributed by atoms with Gasteiger partial charge in [0.05, 0.1) is 9.82 Å². The van der Waals surface area contributed by atoms with Crippen LogP contribution < -0.4 is 10.6 Å². The molecule has 0 saturated carbocycles. The number of nitro groups is 1. The van der Waals surface area contributed by atoms with Gasteiger partial charge in [-0.05, 0) is 44.0 Å². The molecule has 1 saturated heterocycles. The third kappa shape index (κ3) is 4.15. The maximum atomic E-state index is 11.5. The topological polar surface area (TPSA) is 101 Å². The van der Waals surface area contributed by atoms with Crippen LogP contribution in [0.2, 0.25) is 0 Å². The van der Waals surface area contributed by atoms with Crippen molar-refractivity contribution in [3.63, 3.8) is 0 Å². The summed E-state index contributed by atoms with van der Waals surface area (Å²) in [5.41, 5.74) is 0.152. The number of hydrogen-bond acceptors (Lipinski definition) is 6. The predicted molar refractivity (Wildman–Crippen MR) is 80.3 cm³/mol. The number of benzene rings is 1. The number of nitro benzene ring substituents is 1. The van der Waals surface area contributed by atoms with Crippen LogP contribution >= 0.6 is 0 Å². The van der Waals surface area contributed by atoms with Gasteiger partial charge >= 0.3 is 0 Å². The summed E-state index contributed by atoms with van der Waals surface area (Å²) in [5.74, 6) is 0.424. The summed E-state index contributed by atoms with van der Waals surface area (Å²) >= 11 is 0. The van der Waals surface area contributed by atoms with Crippen LogP contribution in [0.15, 0.2) is 23.1 Å². The molecule has 21 heavy (non-hydrogen) atoms. The number of nitrogens with zero attached hydrogens (tertiary/aromatic N) is 1. The molecule has 0 bridgehead atoms. The van der Waals surface area contributed by atoms with Gasteiger partial charge < -0.3 is 10.6 Å². The zero-order chi connectivity index (χ0) is 15.5. The third-order valence-corrected chi connectivity index (χ3v) is 4.68. The first-order chi connectivity index (χ1) is 9.88. The molecular formula is C13H19N3O4S. The molecule has 0 spiro atoms. The summed E-state index contributed by atoms with van der Waals surface area (Å²) < 4.78 is 22.9. The van der Waals surface area contributed by atoms with Gasteiger partial charge in [-0.3, -0.25) is 10.1 Å². The Kier molecular flexibility index (Phi) is 4.79. The maximum absolute atomic E-state index is 11.5. The molecule has 1 atom stereocenters. The van der Waals surface area contributed by atoms with Crippen molar-refractivity contribution in [2.45, 2.75) is 17.7 Å². The van der Waals surface area contributed by atoms with Gasteiger partial charge in [-0.1, -0.05) is 0 Å². The third-order valence-electron chi connectivity index (χ3n) is 3.57. The first kappa shape index (κ1) is 15.7. The Morgan fingerprint density at radius 3 is 2.81 bits per heavy atom. The molecule has 1 heterocycles. The van der Waals surface area contributed by atoms with E-state index in [0.29, 0.717) is 18.2 Å². The Hall–Kier alpha value is -1.67. The lowest BCUT2D eigenvalue weighted by atomic mass is 10.00. The van der Waals surface area contributed by atoms with Crippen LogP contribution in [-0.2, 0) is 9.84 Å². The quantitative estimate of drug-likeness (QED) is 0.629. The van der Waals surface area contributed by atoms with Crippen molar-refractivity contribution >= 4 is 21.2 Å². The molecular weight excluding hydrogens is 294 g/mol. The number of sulfone groups is 1. The van der Waals surface area contributed by atoms with Gasteiger partial charge in [0.1, 0.15) is 5.69 Å². The normalized spacial score (nSPS) is 19.2. The van der Waals surface area contributed by atoms with Gasteiger partial charge in [-0.15, -0.1) is 0 Å². The Labute approximate surface area is 123 Å². The highest BCUT2D eigenvalue weighted by Crippen LogP contribution is 2.28. The summed E-state index contributed by atoms with van der Waals surface area (Å²) in [6.45, 7) is 2.54. The Morgan fingerprint density at radius 1 is 1.48 bits per heavy atom. The molecule has 2 rings (SSSR count). The van der Waals surface area contributed by atoms with E-state index in [-0.39, 0.29) is 10.6 Å². The number of anilines is 1. The molecule has 0 amide bonds. The van der Waals surface area contributed by atoms with E-state index in [0.717, 1.165) is 38.3 Å². The SMILES string of the molecule is CS(=O)(=O)c1ccc(NCC2CCCNC2)c([N+](=O)[O-])c1. The van der Waals surface area contributed by atoms with Crippen molar-refractivity contribution in [3.8, 4) is 0 Å². The van der Waals surface area contributed by atoms with Crippen molar-refractivity contribution in [3.05, 3.63) is 28.3 Å². The fourth-order valence-corrected chi connectivity index (χ4v) is 3.04. The first-order valence-electron chi connectivity index (χ1n) is 6.81. The second kappa shape index (κ2) is 6.40. The molecule has 7 nitrogen and oxygen atoms in total. The molecule has 116 valence electrons. The van der Waals surface area contributed by atoms with Crippen LogP contribution in [-0.4, -0.2) is 39.2 Å². The van der Waals surface area contributed by atoms with Crippen LogP contribution in [0.25, 0.3) is 0 Å². The highest BCUT2D eigenvalue weighted by Gasteiger charge is 2.20. The van der Waals surface area contributed by atoms with Crippen LogP contribution in [0.5, 0.6) is 0 Å². The van der Waals surface area contributed by atoms with Gasteiger partial charge in [0.2, 0.25) is 0 Å². The van der Waals surface area contributed by atoms with Gasteiger partial charge in [0, 0.05) is 18.9 Å². The van der Waals surface area contributed by atoms with Crippen molar-refractivity contribution in [1.82, 2.24) is 5.32 Å². The van der Waals surface area contributed by atoms with E-state index in [1.807, 2.05) is 0 Å². The van der Waals surface area contributed by atoms with E-state index in [4.69, 9.17) is 0 Å². The van der Waals surface area contributed by atoms with Gasteiger partial charge in [-0.25, -0.2) is 8.42 Å². The number of hydrogen-bond donors (Lipinski definition) is 2. The molecule has 1 aliphatic heterocycles. The Balaban J connectivity index is 2.16. The van der Waals surface area contributed by atoms with Crippen LogP contribution in [0.1, 0.15) is 12.8 Å². The highest BCUT2D eigenvalue weighted by molar-refractivity contribution is 7.90. The lowest BCUT2D eigenvalue weighted by Gasteiger charge is -2.23. The molecule has 1 unspecified atom stereocenters. The minimum atomic E-state index is -3.45. The monoisotopic (exact) mass is 313 g/mol. The standard InChI is InChI=1S/C13H19N3O4S/c1-21(19,20)11-4-5-12(13(7-11)16(17)18)15-9-10-3-2-6-14-8-10/h4-5,7,10,14-15H,2-3,6,8-9H2,1H3. The lowest BCUT2D eigenvalue weighted by molar-refractivity contribution is -0.384. The highest BCUT2D eigenvalue weighted by atomic mass is 32.2. The van der Waals surface area contributed by atoms with Gasteiger partial charge in [-0.2, -0.15) is 0 Å². The van der Waals surface area contributed by atoms with Crippen LogP contribution in [0.4, 0.5) is 11.4 Å². The summed E-state index contributed by atoms with van der Waals surface area (Å²) in [5, 5.41) is 17.5. The Bertz CT molecular complexity index is 624. The minimum Gasteiger partial charge on any atom is -0.379 e. The molecule has 0 radical (unpaired) electrons. The molecule has 1 aromatic carbocycles. The zero-order valence-electron chi connectivity index (χ0n) is 11.8. The molecule has 8 heteroatoms. The Morgan fingerprint density at radius 2 is 2.24 bits per heavy atom. The largest absolute Gasteiger partial charge is 0.379 e. The van der Waals surface area contributed by atoms with E-state index in [2.05, 4.69) is 10.6 Å². The average Bonchev–Trinajstić information content (AvgIpc) is 2.45. The van der Waals surface area contributed by atoms with Crippen molar-refractivity contribution in [1.29, 1.82) is 0 Å². The zero-order valence-corrected chi connectivity index (χ0v) is 12.6. The summed E-state index contributed by atoms with van der Waals surface area (Å²) in [6, 6.07) is 3.96. The maximum Gasteiger partial charge on any atom is 0.293 e. The molecule has 1 aliphatic rings. The van der Waals surface area contributed by atoms with Crippen LogP contribution in [0, 0.1) is 16.0 Å². The number of rotatable bonds is 5. The smallest absolute Gasteiger partial charge is 0.293 e. The summed E-state index contributed by atoms with van der Waals surface area (Å²) in [7, 11) is -3.45.